The Morgan fingerprint density at radius 3 is 1.77 bits per heavy atom. The highest BCUT2D eigenvalue weighted by atomic mass is 16.5. The zero-order chi connectivity index (χ0) is 68.3. The quantitative estimate of drug-likeness (QED) is 0.0288. The minimum atomic E-state index is -1.10. The summed E-state index contributed by atoms with van der Waals surface area (Å²) in [7, 11) is 5.37. The van der Waals surface area contributed by atoms with Crippen LogP contribution in [0.3, 0.4) is 0 Å². The van der Waals surface area contributed by atoms with Gasteiger partial charge in [0.25, 0.3) is 0 Å². The molecule has 0 saturated carbocycles. The Bertz CT molecular complexity index is 2830. The monoisotopic (exact) mass is 1320 g/mol. The van der Waals surface area contributed by atoms with Gasteiger partial charge in [-0.15, -0.1) is 0 Å². The number of nitrogens with zero attached hydrogens (tertiary/aromatic N) is 7. The summed E-state index contributed by atoms with van der Waals surface area (Å²) in [5.74, 6) is -2.20. The summed E-state index contributed by atoms with van der Waals surface area (Å²) in [6.07, 6.45) is 19.0. The van der Waals surface area contributed by atoms with Crippen LogP contribution in [0.25, 0.3) is 0 Å². The Morgan fingerprint density at radius 1 is 0.621 bits per heavy atom. The Hall–Kier alpha value is -5.31. The van der Waals surface area contributed by atoms with E-state index in [0.717, 1.165) is 232 Å². The average Bonchev–Trinajstić information content (AvgIpc) is 1.58. The number of methoxy groups -OCH3 is 1. The van der Waals surface area contributed by atoms with Crippen LogP contribution in [0.2, 0.25) is 0 Å². The van der Waals surface area contributed by atoms with Crippen molar-refractivity contribution in [3.05, 3.63) is 104 Å². The normalized spacial score (nSPS) is 18.5. The molecule has 0 radical (unpaired) electrons. The molecule has 8 bridgehead atoms. The summed E-state index contributed by atoms with van der Waals surface area (Å²) >= 11 is 0. The van der Waals surface area contributed by atoms with Crippen LogP contribution in [0.1, 0.15) is 112 Å². The molecule has 22 nitrogen and oxygen atoms in total. The highest BCUT2D eigenvalue weighted by molar-refractivity contribution is 6.24. The molecule has 532 valence electrons. The molecule has 1 aliphatic carbocycles. The second-order valence-corrected chi connectivity index (χ2v) is 26.2. The molecule has 1 fully saturated rings. The fourth-order valence-corrected chi connectivity index (χ4v) is 13.5. The Balaban J connectivity index is 1.18. The fourth-order valence-electron chi connectivity index (χ4n) is 13.5. The highest BCUT2D eigenvalue weighted by Crippen LogP contribution is 2.49. The van der Waals surface area contributed by atoms with Gasteiger partial charge >= 0.3 is 5.97 Å². The van der Waals surface area contributed by atoms with E-state index in [1.807, 2.05) is 33.2 Å². The number of nitrogens with two attached hydrogens (primary N) is 2. The van der Waals surface area contributed by atoms with Gasteiger partial charge in [-0.25, -0.2) is 15.0 Å². The zero-order valence-electron chi connectivity index (χ0n) is 60.1. The van der Waals surface area contributed by atoms with Crippen molar-refractivity contribution in [1.29, 1.82) is 0 Å². The third kappa shape index (κ3) is 24.3. The summed E-state index contributed by atoms with van der Waals surface area (Å²) in [5.41, 5.74) is 24.0. The fraction of sp³-hybridized carbons (Fsp3) is 0.685. The minimum Gasteiger partial charge on any atom is -0.510 e. The summed E-state index contributed by atoms with van der Waals surface area (Å²) in [6, 6.07) is 0. The standard InChI is InChI=1S/C73H126N18O4/c1-11-14-26-78-31-42-89(40-24-75)43-34-82-36-46-91(49-48-90(44-32-80-30-29-79-28-27-77-9)45-35-81-33-41-88(38-19-15-17-23-74)39-20-16-18-25-76-8)47-37-83-66(92)22-21-59-55(6)62-50-60-53(4)57(12-2)64(84-60)51-61-54(5)58(13-3)65(85-61)52-63-56(7)67-71(87-63)68(70(59)86-62)69(72(67)93)73(94)95-10/h12,50-52,55,59,69,76-82,86,93H,2,11,13-49,74-75H2,1,3-10H3,(H,83,92). The number of aliphatic hydroxyl groups excluding tert-OH is 1. The van der Waals surface area contributed by atoms with E-state index in [9.17, 15) is 14.7 Å². The average molecular weight is 1320 g/mol. The molecule has 95 heavy (non-hydrogen) atoms. The molecular weight excluding hydrogens is 1190 g/mol. The highest BCUT2D eigenvalue weighted by Gasteiger charge is 2.49. The molecule has 14 N–H and O–H groups in total. The van der Waals surface area contributed by atoms with Crippen LogP contribution in [0.15, 0.2) is 119 Å². The summed E-state index contributed by atoms with van der Waals surface area (Å²) in [4.78, 5) is 54.1. The molecule has 0 aromatic heterocycles. The van der Waals surface area contributed by atoms with Gasteiger partial charge in [0.1, 0.15) is 11.7 Å². The number of fused-ring (bicyclic) bond motifs is 5. The van der Waals surface area contributed by atoms with Gasteiger partial charge in [-0.2, -0.15) is 0 Å². The molecule has 1 saturated heterocycles. The van der Waals surface area contributed by atoms with Gasteiger partial charge in [0.15, 0.2) is 0 Å². The van der Waals surface area contributed by atoms with Crippen LogP contribution in [0.5, 0.6) is 0 Å². The van der Waals surface area contributed by atoms with Gasteiger partial charge in [0, 0.05) is 190 Å². The number of ether oxygens (including phenoxy) is 1. The van der Waals surface area contributed by atoms with Crippen LogP contribution >= 0.6 is 0 Å². The Kier molecular flexibility index (Phi) is 36.3. The minimum absolute atomic E-state index is 0.0419. The van der Waals surface area contributed by atoms with Crippen molar-refractivity contribution in [3.8, 4) is 0 Å². The molecule has 0 aromatic rings. The van der Waals surface area contributed by atoms with Crippen LogP contribution < -0.4 is 59.3 Å². The lowest BCUT2D eigenvalue weighted by Gasteiger charge is -2.29. The predicted molar refractivity (Wildman–Crippen MR) is 394 cm³/mol. The number of hydrogen-bond acceptors (Lipinski definition) is 21. The maximum absolute atomic E-state index is 14.4. The molecule has 3 atom stereocenters. The third-order valence-corrected chi connectivity index (χ3v) is 19.4. The van der Waals surface area contributed by atoms with Crippen molar-refractivity contribution in [2.45, 2.75) is 112 Å². The Labute approximate surface area is 571 Å². The van der Waals surface area contributed by atoms with Crippen LogP contribution in [0.4, 0.5) is 0 Å². The van der Waals surface area contributed by atoms with Crippen molar-refractivity contribution in [1.82, 2.24) is 67.5 Å². The molecule has 6 aliphatic rings. The lowest BCUT2D eigenvalue weighted by molar-refractivity contribution is -0.143. The number of aliphatic imine (C=N–C) groups is 3. The van der Waals surface area contributed by atoms with E-state index in [2.05, 4.69) is 121 Å². The molecule has 3 unspecified atom stereocenters. The molecule has 5 aliphatic heterocycles. The summed E-state index contributed by atoms with van der Waals surface area (Å²) in [5, 5.41) is 44.2. The Morgan fingerprint density at radius 2 is 1.18 bits per heavy atom. The second kappa shape index (κ2) is 43.9. The van der Waals surface area contributed by atoms with E-state index in [0.29, 0.717) is 48.6 Å². The number of hydrogen-bond donors (Lipinski definition) is 12. The van der Waals surface area contributed by atoms with Crippen molar-refractivity contribution < 1.29 is 19.4 Å². The topological polar surface area (TPSA) is 274 Å². The third-order valence-electron chi connectivity index (χ3n) is 19.4. The number of esters is 1. The first-order valence-electron chi connectivity index (χ1n) is 36.4. The number of unbranched alkanes of at least 4 members (excludes halogenated alkanes) is 5. The number of nitrogens with one attached hydrogen (secondary N) is 9. The van der Waals surface area contributed by atoms with E-state index >= 15 is 0 Å². The summed E-state index contributed by atoms with van der Waals surface area (Å²) < 4.78 is 5.44. The van der Waals surface area contributed by atoms with Crippen LogP contribution in [-0.2, 0) is 14.3 Å². The van der Waals surface area contributed by atoms with Crippen molar-refractivity contribution in [2.75, 3.05) is 198 Å². The van der Waals surface area contributed by atoms with Crippen LogP contribution in [0, 0.1) is 17.8 Å². The van der Waals surface area contributed by atoms with Gasteiger partial charge in [-0.1, -0.05) is 52.7 Å². The lowest BCUT2D eigenvalue weighted by Crippen LogP contribution is -2.46. The molecule has 22 heteroatoms. The first-order valence-corrected chi connectivity index (χ1v) is 36.4. The number of carbonyl (C=O) groups excluding carboxylic acids is 2. The maximum Gasteiger partial charge on any atom is 0.321 e. The predicted octanol–water partition coefficient (Wildman–Crippen LogP) is 4.79. The maximum atomic E-state index is 14.4. The number of rotatable bonds is 52. The molecule has 0 spiro atoms. The van der Waals surface area contributed by atoms with Crippen molar-refractivity contribution in [3.63, 3.8) is 0 Å². The van der Waals surface area contributed by atoms with Crippen LogP contribution in [-0.4, -0.2) is 252 Å². The number of likely N-dealkylation sites (N-methyl/N-ethyl adjacent to an activating group) is 1. The molecule has 5 heterocycles. The lowest BCUT2D eigenvalue weighted by atomic mass is 9.84. The largest absolute Gasteiger partial charge is 0.510 e. The molecule has 6 rings (SSSR count). The van der Waals surface area contributed by atoms with Gasteiger partial charge in [-0.3, -0.25) is 24.3 Å². The molecule has 1 amide bonds. The second-order valence-electron chi connectivity index (χ2n) is 26.2. The van der Waals surface area contributed by atoms with E-state index in [-0.39, 0.29) is 29.9 Å². The van der Waals surface area contributed by atoms with Gasteiger partial charge in [0.05, 0.1) is 41.3 Å². The first-order chi connectivity index (χ1) is 46.3. The molecular formula is C73H126N18O4. The molecule has 0 aromatic carbocycles. The van der Waals surface area contributed by atoms with E-state index < -0.39 is 11.9 Å². The van der Waals surface area contributed by atoms with Crippen molar-refractivity contribution in [2.24, 2.45) is 44.2 Å². The SMILES string of the molecule is C=CC1=C(C)C2=NC1=CC1=NC(=CC3=C(C)C4=C(O)C(C(=O)OC)C(=C5NC(=C2)C(C)C5CCC(=O)NCCN(CCNCCN(CCN)CCNCCCC)CCN(CCNCCNCCNC)CCNCCN(CCCCCN)CCCCCNC)C4=N3)C(CC)=C1C. The van der Waals surface area contributed by atoms with Gasteiger partial charge in [-0.05, 0) is 153 Å². The van der Waals surface area contributed by atoms with Gasteiger partial charge in [0.2, 0.25) is 5.91 Å². The van der Waals surface area contributed by atoms with Gasteiger partial charge < -0.3 is 74.1 Å². The summed E-state index contributed by atoms with van der Waals surface area (Å²) in [6.45, 7) is 41.1. The van der Waals surface area contributed by atoms with E-state index in [1.165, 1.54) is 52.1 Å². The zero-order valence-corrected chi connectivity index (χ0v) is 60.1. The number of allylic oxidation sites excluding steroid dienone is 11. The van der Waals surface area contributed by atoms with E-state index in [4.69, 9.17) is 31.2 Å². The van der Waals surface area contributed by atoms with E-state index in [1.54, 1.807) is 0 Å². The number of carbonyl (C=O) groups is 2. The smallest absolute Gasteiger partial charge is 0.321 e. The first kappa shape index (κ1) is 78.7. The van der Waals surface area contributed by atoms with Crippen molar-refractivity contribution >= 4 is 29.0 Å². The number of amides is 1. The number of aliphatic hydroxyl groups is 1.